The van der Waals surface area contributed by atoms with Gasteiger partial charge in [0.2, 0.25) is 11.5 Å². The fourth-order valence-corrected chi connectivity index (χ4v) is 0.568. The molecule has 1 aromatic heterocycles. The van der Waals surface area contributed by atoms with Gasteiger partial charge in [-0.05, 0) is 12.1 Å². The summed E-state index contributed by atoms with van der Waals surface area (Å²) in [6.45, 7) is 0. The third-order valence-corrected chi connectivity index (χ3v) is 1.03. The maximum Gasteiger partial charge on any atom is 1.00 e. The minimum atomic E-state index is -1.28. The number of rotatable bonds is 2. The molecule has 0 unspecified atom stereocenters. The van der Waals surface area contributed by atoms with Crippen LogP contribution in [0.3, 0.4) is 0 Å². The first-order valence-corrected chi connectivity index (χ1v) is 2.67. The zero-order chi connectivity index (χ0) is 8.43. The first kappa shape index (κ1) is 29.4. The van der Waals surface area contributed by atoms with Gasteiger partial charge in [0.05, 0.1) is 0 Å². The van der Waals surface area contributed by atoms with Crippen molar-refractivity contribution in [1.82, 2.24) is 0 Å². The van der Waals surface area contributed by atoms with Crippen molar-refractivity contribution in [3.63, 3.8) is 0 Å². The minimum absolute atomic E-state index is 0. The Labute approximate surface area is 113 Å². The van der Waals surface area contributed by atoms with Crippen LogP contribution in [0.2, 0.25) is 0 Å². The van der Waals surface area contributed by atoms with E-state index < -0.39 is 11.9 Å². The Morgan fingerprint density at radius 2 is 1.19 bits per heavy atom. The Balaban J connectivity index is -0.0000000504. The average molecular weight is 252 g/mol. The third kappa shape index (κ3) is 7.36. The predicted octanol–water partition coefficient (Wildman–Crippen LogP) is -5.51. The van der Waals surface area contributed by atoms with Gasteiger partial charge in [-0.15, -0.1) is 0 Å². The summed E-state index contributed by atoms with van der Waals surface area (Å²) in [7, 11) is 0. The van der Waals surface area contributed by atoms with Crippen LogP contribution in [0.4, 0.5) is 0 Å². The summed E-state index contributed by atoms with van der Waals surface area (Å²) in [6.07, 6.45) is 0. The average Bonchev–Trinajstić information content (AvgIpc) is 2.33. The van der Waals surface area contributed by atoms with Crippen LogP contribution in [0.1, 0.15) is 22.5 Å². The standard InChI is InChI=1S/C6H4O5.Na.4H2O.H/c7-5(8)3-1-2-4(11-3)6(9)10;;;;;;/h1-2H,(H,7,8)(H,9,10);;4*1H2;/q;+1;;;;;-1. The molecule has 0 fully saturated rings. The Hall–Kier alpha value is -0.940. The molecule has 0 spiro atoms. The van der Waals surface area contributed by atoms with E-state index in [4.69, 9.17) is 10.2 Å². The monoisotopic (exact) mass is 252 g/mol. The van der Waals surface area contributed by atoms with Crippen LogP contribution in [-0.4, -0.2) is 44.1 Å². The van der Waals surface area contributed by atoms with Crippen molar-refractivity contribution in [2.75, 3.05) is 0 Å². The van der Waals surface area contributed by atoms with Gasteiger partial charge in [0.1, 0.15) is 0 Å². The predicted molar refractivity (Wildman–Crippen MR) is 48.2 cm³/mol. The van der Waals surface area contributed by atoms with E-state index in [9.17, 15) is 9.59 Å². The van der Waals surface area contributed by atoms with E-state index in [0.29, 0.717) is 0 Å². The second-order valence-electron chi connectivity index (χ2n) is 1.77. The smallest absolute Gasteiger partial charge is 1.00 e. The topological polar surface area (TPSA) is 214 Å². The van der Waals surface area contributed by atoms with Gasteiger partial charge in [0.15, 0.2) is 0 Å². The zero-order valence-corrected chi connectivity index (χ0v) is 10.3. The number of hydrogen-bond donors (Lipinski definition) is 2. The van der Waals surface area contributed by atoms with Gasteiger partial charge in [-0.3, -0.25) is 0 Å². The number of carboxylic acids is 2. The van der Waals surface area contributed by atoms with E-state index in [1.807, 2.05) is 0 Å². The minimum Gasteiger partial charge on any atom is -1.00 e. The van der Waals surface area contributed by atoms with Crippen LogP contribution in [0.15, 0.2) is 16.5 Å². The van der Waals surface area contributed by atoms with Crippen molar-refractivity contribution < 1.29 is 77.1 Å². The van der Waals surface area contributed by atoms with E-state index in [1.165, 1.54) is 0 Å². The fourth-order valence-electron chi connectivity index (χ4n) is 0.568. The quantitative estimate of drug-likeness (QED) is 0.491. The van der Waals surface area contributed by atoms with Crippen molar-refractivity contribution >= 4 is 11.9 Å². The molecule has 1 aromatic rings. The summed E-state index contributed by atoms with van der Waals surface area (Å²) in [5.74, 6) is -3.31. The van der Waals surface area contributed by atoms with E-state index in [-0.39, 0.29) is 64.4 Å². The first-order chi connectivity index (χ1) is 5.11. The summed E-state index contributed by atoms with van der Waals surface area (Å²) in [5, 5.41) is 16.6. The summed E-state index contributed by atoms with van der Waals surface area (Å²) in [6, 6.07) is 2.18. The molecule has 0 saturated heterocycles. The van der Waals surface area contributed by atoms with Crippen LogP contribution in [0.25, 0.3) is 0 Å². The van der Waals surface area contributed by atoms with Gasteiger partial charge in [-0.2, -0.15) is 0 Å². The largest absolute Gasteiger partial charge is 1.00 e. The Kier molecular flexibility index (Phi) is 22.3. The van der Waals surface area contributed by atoms with Crippen LogP contribution in [0, 0.1) is 0 Å². The van der Waals surface area contributed by atoms with Gasteiger partial charge < -0.3 is 38.0 Å². The Morgan fingerprint density at radius 3 is 1.31 bits per heavy atom. The van der Waals surface area contributed by atoms with E-state index in [0.717, 1.165) is 12.1 Å². The van der Waals surface area contributed by atoms with E-state index in [1.54, 1.807) is 0 Å². The molecule has 10 N–H and O–H groups in total. The molecule has 1 heterocycles. The number of furan rings is 1. The zero-order valence-electron chi connectivity index (χ0n) is 9.27. The molecule has 0 amide bonds. The number of hydrogen-bond acceptors (Lipinski definition) is 3. The van der Waals surface area contributed by atoms with Gasteiger partial charge in [-0.1, -0.05) is 0 Å². The second-order valence-corrected chi connectivity index (χ2v) is 1.77. The van der Waals surface area contributed by atoms with Crippen LogP contribution < -0.4 is 29.6 Å². The van der Waals surface area contributed by atoms with Crippen LogP contribution >= 0.6 is 0 Å². The third-order valence-electron chi connectivity index (χ3n) is 1.03. The first-order valence-electron chi connectivity index (χ1n) is 2.67. The second kappa shape index (κ2) is 12.1. The summed E-state index contributed by atoms with van der Waals surface area (Å²) in [5.41, 5.74) is 0. The summed E-state index contributed by atoms with van der Waals surface area (Å²) in [4.78, 5) is 20.3. The van der Waals surface area contributed by atoms with Crippen LogP contribution in [-0.2, 0) is 0 Å². The number of aromatic carboxylic acids is 2. The molecule has 0 atom stereocenters. The van der Waals surface area contributed by atoms with Gasteiger partial charge in [-0.25, -0.2) is 9.59 Å². The SMILES string of the molecule is O.O.O.O.O=C(O)c1ccc(C(=O)O)o1.[H-].[Na+]. The molecule has 0 aliphatic carbocycles. The Bertz CT molecular complexity index is 284. The van der Waals surface area contributed by atoms with Gasteiger partial charge >= 0.3 is 41.5 Å². The molecule has 0 aliphatic rings. The maximum atomic E-state index is 10.2. The maximum absolute atomic E-state index is 10.2. The van der Waals surface area contributed by atoms with Crippen molar-refractivity contribution in [3.05, 3.63) is 23.7 Å². The summed E-state index contributed by atoms with van der Waals surface area (Å²) >= 11 is 0. The van der Waals surface area contributed by atoms with Crippen LogP contribution in [0.5, 0.6) is 0 Å². The number of carboxylic acid groups (broad SMARTS) is 2. The molecule has 16 heavy (non-hydrogen) atoms. The molecular weight excluding hydrogens is 239 g/mol. The Morgan fingerprint density at radius 1 is 0.938 bits per heavy atom. The molecular formula is C6H13NaO9. The molecule has 1 rings (SSSR count). The van der Waals surface area contributed by atoms with Crippen molar-refractivity contribution in [1.29, 1.82) is 0 Å². The molecule has 10 heteroatoms. The van der Waals surface area contributed by atoms with E-state index in [2.05, 4.69) is 4.42 Å². The van der Waals surface area contributed by atoms with Crippen molar-refractivity contribution in [2.24, 2.45) is 0 Å². The molecule has 0 aromatic carbocycles. The van der Waals surface area contributed by atoms with E-state index >= 15 is 0 Å². The summed E-state index contributed by atoms with van der Waals surface area (Å²) < 4.78 is 4.41. The van der Waals surface area contributed by atoms with Gasteiger partial charge in [0.25, 0.3) is 0 Å². The number of carbonyl (C=O) groups is 2. The normalized spacial score (nSPS) is 6.50. The molecule has 0 aliphatic heterocycles. The molecule has 9 nitrogen and oxygen atoms in total. The molecule has 92 valence electrons. The van der Waals surface area contributed by atoms with Crippen molar-refractivity contribution in [3.8, 4) is 0 Å². The fraction of sp³-hybridized carbons (Fsp3) is 0. The molecule has 0 saturated carbocycles. The van der Waals surface area contributed by atoms with Gasteiger partial charge in [0, 0.05) is 0 Å². The molecule has 0 radical (unpaired) electrons. The molecule has 0 bridgehead atoms. The van der Waals surface area contributed by atoms with Crippen molar-refractivity contribution in [2.45, 2.75) is 0 Å².